The third-order valence-corrected chi connectivity index (χ3v) is 4.02. The van der Waals surface area contributed by atoms with Crippen LogP contribution in [0.25, 0.3) is 0 Å². The molecule has 1 aliphatic heterocycles. The van der Waals surface area contributed by atoms with Gasteiger partial charge in [-0.2, -0.15) is 0 Å². The quantitative estimate of drug-likeness (QED) is 0.436. The van der Waals surface area contributed by atoms with Crippen LogP contribution in [0, 0.1) is 5.82 Å². The van der Waals surface area contributed by atoms with Gasteiger partial charge in [-0.1, -0.05) is 12.1 Å². The van der Waals surface area contributed by atoms with E-state index in [0.717, 1.165) is 31.0 Å². The summed E-state index contributed by atoms with van der Waals surface area (Å²) in [6.45, 7) is 2.89. The summed E-state index contributed by atoms with van der Waals surface area (Å²) >= 11 is 0. The van der Waals surface area contributed by atoms with E-state index in [-0.39, 0.29) is 29.8 Å². The van der Waals surface area contributed by atoms with Crippen LogP contribution < -0.4 is 10.6 Å². The predicted octanol–water partition coefficient (Wildman–Crippen LogP) is 2.25. The van der Waals surface area contributed by atoms with Crippen LogP contribution in [0.5, 0.6) is 0 Å². The van der Waals surface area contributed by atoms with Gasteiger partial charge < -0.3 is 15.5 Å². The minimum absolute atomic E-state index is 0. The summed E-state index contributed by atoms with van der Waals surface area (Å²) in [7, 11) is 3.95. The number of likely N-dealkylation sites (N-methyl/N-ethyl adjacent to an activating group) is 1. The Morgan fingerprint density at radius 2 is 2.05 bits per heavy atom. The number of hydrogen-bond donors (Lipinski definition) is 2. The number of likely N-dealkylation sites (tertiary alicyclic amines) is 1. The molecular weight excluding hydrogens is 394 g/mol. The van der Waals surface area contributed by atoms with E-state index in [1.165, 1.54) is 31.5 Å². The number of halogens is 2. The number of guanidine groups is 1. The monoisotopic (exact) mass is 420 g/mol. The third-order valence-electron chi connectivity index (χ3n) is 4.02. The predicted molar refractivity (Wildman–Crippen MR) is 101 cm³/mol. The van der Waals surface area contributed by atoms with E-state index in [2.05, 4.69) is 27.6 Å². The second-order valence-electron chi connectivity index (χ2n) is 5.53. The Morgan fingerprint density at radius 1 is 1.32 bits per heavy atom. The fraction of sp³-hybridized carbons (Fsp3) is 0.562. The van der Waals surface area contributed by atoms with Crippen molar-refractivity contribution in [3.8, 4) is 0 Å². The molecule has 0 amide bonds. The molecule has 22 heavy (non-hydrogen) atoms. The Morgan fingerprint density at radius 3 is 2.64 bits per heavy atom. The fourth-order valence-electron chi connectivity index (χ4n) is 2.65. The van der Waals surface area contributed by atoms with Gasteiger partial charge in [-0.15, -0.1) is 24.0 Å². The number of nitrogens with one attached hydrogen (secondary N) is 2. The van der Waals surface area contributed by atoms with Crippen molar-refractivity contribution in [2.75, 3.05) is 33.7 Å². The van der Waals surface area contributed by atoms with Gasteiger partial charge in [0.1, 0.15) is 5.82 Å². The van der Waals surface area contributed by atoms with Crippen molar-refractivity contribution in [2.24, 2.45) is 4.99 Å². The van der Waals surface area contributed by atoms with Crippen molar-refractivity contribution in [3.05, 3.63) is 35.6 Å². The SMILES string of the molecule is CN=C(NCCc1ccc(F)cc1)NCC1CCCN1C.I. The molecule has 0 aromatic heterocycles. The molecule has 2 rings (SSSR count). The number of rotatable bonds is 5. The molecule has 1 saturated heterocycles. The first kappa shape index (κ1) is 19.2. The van der Waals surface area contributed by atoms with Gasteiger partial charge in [0, 0.05) is 26.2 Å². The molecule has 1 heterocycles. The molecule has 0 aliphatic carbocycles. The summed E-state index contributed by atoms with van der Waals surface area (Å²) in [5, 5.41) is 6.67. The third kappa shape index (κ3) is 6.08. The maximum atomic E-state index is 12.8. The summed E-state index contributed by atoms with van der Waals surface area (Å²) < 4.78 is 12.8. The number of benzene rings is 1. The zero-order valence-corrected chi connectivity index (χ0v) is 15.6. The summed E-state index contributed by atoms with van der Waals surface area (Å²) in [6.07, 6.45) is 3.37. The highest BCUT2D eigenvalue weighted by atomic mass is 127. The molecule has 1 unspecified atom stereocenters. The molecule has 1 fully saturated rings. The lowest BCUT2D eigenvalue weighted by Crippen LogP contribution is -2.44. The molecule has 6 heteroatoms. The number of hydrogen-bond acceptors (Lipinski definition) is 2. The number of aliphatic imine (C=N–C) groups is 1. The Bertz CT molecular complexity index is 464. The van der Waals surface area contributed by atoms with Gasteiger partial charge >= 0.3 is 0 Å². The van der Waals surface area contributed by atoms with Crippen molar-refractivity contribution in [1.82, 2.24) is 15.5 Å². The Kier molecular flexibility index (Phi) is 8.70. The summed E-state index contributed by atoms with van der Waals surface area (Å²) in [5.74, 6) is 0.641. The van der Waals surface area contributed by atoms with Crippen molar-refractivity contribution in [3.63, 3.8) is 0 Å². The van der Waals surface area contributed by atoms with E-state index in [0.29, 0.717) is 6.04 Å². The molecule has 0 spiro atoms. The van der Waals surface area contributed by atoms with E-state index >= 15 is 0 Å². The van der Waals surface area contributed by atoms with Gasteiger partial charge in [0.15, 0.2) is 5.96 Å². The van der Waals surface area contributed by atoms with Crippen LogP contribution in [-0.2, 0) is 6.42 Å². The van der Waals surface area contributed by atoms with Crippen molar-refractivity contribution >= 4 is 29.9 Å². The normalized spacial score (nSPS) is 18.9. The van der Waals surface area contributed by atoms with Crippen LogP contribution in [0.3, 0.4) is 0 Å². The smallest absolute Gasteiger partial charge is 0.191 e. The first-order valence-corrected chi connectivity index (χ1v) is 7.58. The zero-order chi connectivity index (χ0) is 15.1. The van der Waals surface area contributed by atoms with Crippen LogP contribution in [0.15, 0.2) is 29.3 Å². The van der Waals surface area contributed by atoms with E-state index in [1.54, 1.807) is 7.05 Å². The molecule has 0 bridgehead atoms. The average molecular weight is 420 g/mol. The lowest BCUT2D eigenvalue weighted by Gasteiger charge is -2.21. The Hall–Kier alpha value is -0.890. The first-order valence-electron chi connectivity index (χ1n) is 7.58. The van der Waals surface area contributed by atoms with Gasteiger partial charge in [-0.3, -0.25) is 4.99 Å². The van der Waals surface area contributed by atoms with E-state index in [4.69, 9.17) is 0 Å². The highest BCUT2D eigenvalue weighted by Crippen LogP contribution is 2.13. The molecule has 0 saturated carbocycles. The summed E-state index contributed by atoms with van der Waals surface area (Å²) in [4.78, 5) is 6.62. The Balaban J connectivity index is 0.00000242. The van der Waals surface area contributed by atoms with Crippen LogP contribution in [-0.4, -0.2) is 50.6 Å². The van der Waals surface area contributed by atoms with Crippen molar-refractivity contribution in [1.29, 1.82) is 0 Å². The van der Waals surface area contributed by atoms with Gasteiger partial charge in [0.05, 0.1) is 0 Å². The zero-order valence-electron chi connectivity index (χ0n) is 13.3. The molecule has 1 aromatic carbocycles. The molecular formula is C16H26FIN4. The number of nitrogens with zero attached hydrogens (tertiary/aromatic N) is 2. The minimum atomic E-state index is -0.190. The van der Waals surface area contributed by atoms with Crippen molar-refractivity contribution in [2.45, 2.75) is 25.3 Å². The molecule has 4 nitrogen and oxygen atoms in total. The van der Waals surface area contributed by atoms with Crippen molar-refractivity contribution < 1.29 is 4.39 Å². The minimum Gasteiger partial charge on any atom is -0.356 e. The second kappa shape index (κ2) is 9.99. The van der Waals surface area contributed by atoms with Crippen LogP contribution >= 0.6 is 24.0 Å². The Labute approximate surface area is 149 Å². The molecule has 1 aromatic rings. The van der Waals surface area contributed by atoms with Gasteiger partial charge in [0.2, 0.25) is 0 Å². The molecule has 2 N–H and O–H groups in total. The maximum absolute atomic E-state index is 12.8. The maximum Gasteiger partial charge on any atom is 0.191 e. The highest BCUT2D eigenvalue weighted by Gasteiger charge is 2.20. The van der Waals surface area contributed by atoms with Gasteiger partial charge in [-0.25, -0.2) is 4.39 Å². The topological polar surface area (TPSA) is 39.7 Å². The fourth-order valence-corrected chi connectivity index (χ4v) is 2.65. The largest absolute Gasteiger partial charge is 0.356 e. The summed E-state index contributed by atoms with van der Waals surface area (Å²) in [5.41, 5.74) is 1.12. The van der Waals surface area contributed by atoms with Crippen LogP contribution in [0.1, 0.15) is 18.4 Å². The van der Waals surface area contributed by atoms with Crippen LogP contribution in [0.4, 0.5) is 4.39 Å². The summed E-state index contributed by atoms with van der Waals surface area (Å²) in [6, 6.07) is 7.23. The molecule has 124 valence electrons. The average Bonchev–Trinajstić information content (AvgIpc) is 2.90. The van der Waals surface area contributed by atoms with E-state index in [1.807, 2.05) is 12.1 Å². The lowest BCUT2D eigenvalue weighted by molar-refractivity contribution is 0.309. The molecule has 1 aliphatic rings. The van der Waals surface area contributed by atoms with E-state index < -0.39 is 0 Å². The molecule has 0 radical (unpaired) electrons. The van der Waals surface area contributed by atoms with Gasteiger partial charge in [0.25, 0.3) is 0 Å². The molecule has 1 atom stereocenters. The first-order chi connectivity index (χ1) is 10.2. The van der Waals surface area contributed by atoms with E-state index in [9.17, 15) is 4.39 Å². The van der Waals surface area contributed by atoms with Crippen LogP contribution in [0.2, 0.25) is 0 Å². The standard InChI is InChI=1S/C16H25FN4.HI/c1-18-16(20-12-15-4-3-11-21(15)2)19-10-9-13-5-7-14(17)8-6-13;/h5-8,15H,3-4,9-12H2,1-2H3,(H2,18,19,20);1H. The van der Waals surface area contributed by atoms with Gasteiger partial charge in [-0.05, 0) is 50.6 Å². The lowest BCUT2D eigenvalue weighted by atomic mass is 10.1. The highest BCUT2D eigenvalue weighted by molar-refractivity contribution is 14.0. The second-order valence-corrected chi connectivity index (χ2v) is 5.53.